The van der Waals surface area contributed by atoms with Gasteiger partial charge in [0.25, 0.3) is 0 Å². The second kappa shape index (κ2) is 8.83. The Morgan fingerprint density at radius 1 is 1.14 bits per heavy atom. The van der Waals surface area contributed by atoms with Gasteiger partial charge in [-0.3, -0.25) is 9.59 Å². The first kappa shape index (κ1) is 23.6. The average Bonchev–Trinajstić information content (AvgIpc) is 3.29. The topological polar surface area (TPSA) is 91.3 Å². The zero-order chi connectivity index (χ0) is 21.4. The van der Waals surface area contributed by atoms with E-state index < -0.39 is 20.8 Å². The van der Waals surface area contributed by atoms with Crippen LogP contribution in [0.5, 0.6) is 0 Å². The molecule has 0 aromatic heterocycles. The molecule has 0 amide bonds. The van der Waals surface area contributed by atoms with Gasteiger partial charge >= 0.3 is 0 Å². The second-order valence-corrected chi connectivity index (χ2v) is 14.7. The molecule has 8 heteroatoms. The van der Waals surface area contributed by atoms with Crippen LogP contribution < -0.4 is 0 Å². The molecular weight excluding hydrogens is 428 g/mol. The first-order valence-corrected chi connectivity index (χ1v) is 15.1. The van der Waals surface area contributed by atoms with Crippen molar-refractivity contribution in [2.24, 2.45) is 22.7 Å². The Morgan fingerprint density at radius 3 is 2.17 bits per heavy atom. The minimum Gasteiger partial charge on any atom is -0.747 e. The van der Waals surface area contributed by atoms with Gasteiger partial charge in [-0.2, -0.15) is 11.8 Å². The quantitative estimate of drug-likeness (QED) is 0.471. The van der Waals surface area contributed by atoms with Crippen LogP contribution >= 0.6 is 11.8 Å². The molecule has 4 aliphatic rings. The van der Waals surface area contributed by atoms with Gasteiger partial charge in [0.15, 0.2) is 17.3 Å². The molecule has 1 saturated heterocycles. The third kappa shape index (κ3) is 4.60. The third-order valence-corrected chi connectivity index (χ3v) is 12.9. The predicted molar refractivity (Wildman–Crippen MR) is 119 cm³/mol. The predicted octanol–water partition coefficient (Wildman–Crippen LogP) is 3.04. The molecule has 3 unspecified atom stereocenters. The van der Waals surface area contributed by atoms with Crippen LogP contribution in [0.3, 0.4) is 0 Å². The number of carbonyl (C=O) groups is 2. The minimum absolute atomic E-state index is 0.294. The highest BCUT2D eigenvalue weighted by atomic mass is 32.2. The summed E-state index contributed by atoms with van der Waals surface area (Å²) in [6.07, 6.45) is 6.33. The molecule has 0 N–H and O–H groups in total. The van der Waals surface area contributed by atoms with E-state index in [1.807, 2.05) is 13.8 Å². The van der Waals surface area contributed by atoms with Crippen molar-refractivity contribution in [2.45, 2.75) is 64.5 Å². The van der Waals surface area contributed by atoms with Crippen LogP contribution in [0, 0.1) is 22.7 Å². The van der Waals surface area contributed by atoms with E-state index in [0.29, 0.717) is 35.4 Å². The van der Waals surface area contributed by atoms with Crippen molar-refractivity contribution >= 4 is 44.3 Å². The van der Waals surface area contributed by atoms with Gasteiger partial charge in [0.1, 0.15) is 26.9 Å². The molecule has 5 nitrogen and oxygen atoms in total. The molecule has 3 aliphatic carbocycles. The lowest BCUT2D eigenvalue weighted by Crippen LogP contribution is -2.38. The van der Waals surface area contributed by atoms with Crippen LogP contribution in [0.15, 0.2) is 0 Å². The molecule has 4 fully saturated rings. The zero-order valence-corrected chi connectivity index (χ0v) is 20.2. The first-order chi connectivity index (χ1) is 13.5. The van der Waals surface area contributed by atoms with Crippen molar-refractivity contribution < 1.29 is 22.6 Å². The van der Waals surface area contributed by atoms with E-state index in [9.17, 15) is 22.6 Å². The highest BCUT2D eigenvalue weighted by Gasteiger charge is 2.67. The van der Waals surface area contributed by atoms with Crippen LogP contribution in [-0.2, 0) is 30.6 Å². The van der Waals surface area contributed by atoms with E-state index in [2.05, 4.69) is 11.8 Å². The maximum atomic E-state index is 12.0. The number of ketones is 2. The Hall–Kier alpha value is -0.0500. The second-order valence-electron chi connectivity index (χ2n) is 9.70. The van der Waals surface area contributed by atoms with E-state index in [1.165, 1.54) is 48.7 Å². The van der Waals surface area contributed by atoms with Gasteiger partial charge in [-0.05, 0) is 47.9 Å². The Labute approximate surface area is 182 Å². The molecule has 1 aliphatic heterocycles. The summed E-state index contributed by atoms with van der Waals surface area (Å²) in [5, 5.41) is -1.30. The normalized spacial score (nSPS) is 34.8. The summed E-state index contributed by atoms with van der Waals surface area (Å²) >= 11 is 2.05. The van der Waals surface area contributed by atoms with Crippen molar-refractivity contribution in [3.05, 3.63) is 0 Å². The number of hydrogen-bond donors (Lipinski definition) is 0. The number of rotatable bonds is 4. The fraction of sp³-hybridized carbons (Fsp3) is 0.905. The molecule has 29 heavy (non-hydrogen) atoms. The number of thioether (sulfide) groups is 1. The third-order valence-electron chi connectivity index (χ3n) is 7.97. The van der Waals surface area contributed by atoms with Gasteiger partial charge in [0.2, 0.25) is 0 Å². The van der Waals surface area contributed by atoms with Gasteiger partial charge in [0, 0.05) is 22.8 Å². The Morgan fingerprint density at radius 2 is 1.72 bits per heavy atom. The monoisotopic (exact) mass is 462 g/mol. The highest BCUT2D eigenvalue weighted by Crippen LogP contribution is 2.64. The van der Waals surface area contributed by atoms with Crippen molar-refractivity contribution in [3.63, 3.8) is 0 Å². The van der Waals surface area contributed by atoms with Crippen molar-refractivity contribution in [2.75, 3.05) is 28.8 Å². The smallest absolute Gasteiger partial charge is 0.184 e. The summed E-state index contributed by atoms with van der Waals surface area (Å²) < 4.78 is 33.3. The van der Waals surface area contributed by atoms with Crippen LogP contribution in [0.25, 0.3) is 0 Å². The van der Waals surface area contributed by atoms with Crippen LogP contribution in [0.1, 0.15) is 59.3 Å². The van der Waals surface area contributed by atoms with Crippen molar-refractivity contribution in [1.82, 2.24) is 0 Å². The Bertz CT molecular complexity index is 735. The van der Waals surface area contributed by atoms with Crippen LogP contribution in [-0.4, -0.2) is 58.6 Å². The van der Waals surface area contributed by atoms with E-state index in [4.69, 9.17) is 0 Å². The van der Waals surface area contributed by atoms with Gasteiger partial charge in [0.05, 0.1) is 0 Å². The largest absolute Gasteiger partial charge is 0.747 e. The summed E-state index contributed by atoms with van der Waals surface area (Å²) in [4.78, 5) is 23.9. The van der Waals surface area contributed by atoms with Crippen LogP contribution in [0.2, 0.25) is 0 Å². The number of fused-ring (bicyclic) bond motifs is 2. The lowest BCUT2D eigenvalue weighted by molar-refractivity contribution is -0.128. The van der Waals surface area contributed by atoms with Gasteiger partial charge in [-0.25, -0.2) is 8.42 Å². The Balaban J connectivity index is 0.000000166. The maximum absolute atomic E-state index is 12.0. The van der Waals surface area contributed by atoms with E-state index >= 15 is 0 Å². The highest BCUT2D eigenvalue weighted by molar-refractivity contribution is 8.05. The molecule has 0 aromatic rings. The molecular formula is C21H34O5S3. The standard InChI is InChI=1S/C11H19OS2.C10H16O4S/c12-11(10-3-1-2-4-10)9-14-7-5-13-6-8-14;1-9(2)6-4-5-10(9,3)8(11)7(6)15(12,13)14/h10H,1-9H2;6-7H,4-5H2,1-3H3,(H,12,13,14)/q+1;/p-1. The minimum atomic E-state index is -4.49. The van der Waals surface area contributed by atoms with E-state index in [-0.39, 0.29) is 17.1 Å². The summed E-state index contributed by atoms with van der Waals surface area (Å²) in [6, 6.07) is 0. The van der Waals surface area contributed by atoms with Crippen molar-refractivity contribution in [3.8, 4) is 0 Å². The lowest BCUT2D eigenvalue weighted by atomic mass is 9.70. The molecule has 2 bridgehead atoms. The summed E-state index contributed by atoms with van der Waals surface area (Å²) in [7, 11) is -4.03. The summed E-state index contributed by atoms with van der Waals surface area (Å²) in [5.74, 6) is 6.52. The molecule has 4 rings (SSSR count). The lowest BCUT2D eigenvalue weighted by Gasteiger charge is -2.32. The molecule has 3 saturated carbocycles. The fourth-order valence-corrected chi connectivity index (χ4v) is 11.2. The molecule has 3 atom stereocenters. The molecule has 0 spiro atoms. The van der Waals surface area contributed by atoms with E-state index in [0.717, 1.165) is 5.75 Å². The maximum Gasteiger partial charge on any atom is 0.184 e. The molecule has 0 aromatic carbocycles. The molecule has 1 heterocycles. The van der Waals surface area contributed by atoms with Crippen LogP contribution in [0.4, 0.5) is 0 Å². The molecule has 166 valence electrons. The van der Waals surface area contributed by atoms with Gasteiger partial charge < -0.3 is 4.55 Å². The fourth-order valence-electron chi connectivity index (χ4n) is 5.60. The number of Topliss-reactive ketones (excluding diaryl/α,β-unsaturated/α-hetero) is 2. The van der Waals surface area contributed by atoms with Crippen molar-refractivity contribution in [1.29, 1.82) is 0 Å². The van der Waals surface area contributed by atoms with Gasteiger partial charge in [-0.15, -0.1) is 0 Å². The van der Waals surface area contributed by atoms with Gasteiger partial charge in [-0.1, -0.05) is 33.6 Å². The summed E-state index contributed by atoms with van der Waals surface area (Å²) in [5.41, 5.74) is -0.994. The SMILES string of the molecule is CC12CCC(C(S(=O)(=O)[O-])C1=O)C2(C)C.O=C(C[S+]1CCSCC1)C1CCCC1. The number of hydrogen-bond acceptors (Lipinski definition) is 6. The summed E-state index contributed by atoms with van der Waals surface area (Å²) in [6.45, 7) is 5.59. The average molecular weight is 463 g/mol. The first-order valence-electron chi connectivity index (χ1n) is 10.7. The Kier molecular flexibility index (Phi) is 7.19. The zero-order valence-electron chi connectivity index (χ0n) is 17.8. The molecule has 0 radical (unpaired) electrons. The van der Waals surface area contributed by atoms with E-state index in [1.54, 1.807) is 6.92 Å². The number of carbonyl (C=O) groups excluding carboxylic acids is 2.